The highest BCUT2D eigenvalue weighted by atomic mass is 32.2. The van der Waals surface area contributed by atoms with E-state index in [1.54, 1.807) is 34.8 Å². The molecule has 8 heteroatoms. The van der Waals surface area contributed by atoms with Gasteiger partial charge in [-0.05, 0) is 68.5 Å². The molecule has 1 aromatic heterocycles. The van der Waals surface area contributed by atoms with Gasteiger partial charge in [-0.25, -0.2) is 13.4 Å². The summed E-state index contributed by atoms with van der Waals surface area (Å²) >= 11 is 0. The van der Waals surface area contributed by atoms with Crippen LogP contribution in [0.5, 0.6) is 5.75 Å². The molecule has 2 aliphatic heterocycles. The molecular formula is C23H29N3O4S. The zero-order chi connectivity index (χ0) is 22.0. The minimum Gasteiger partial charge on any atom is -0.491 e. The second-order valence-electron chi connectivity index (χ2n) is 8.58. The number of fused-ring (bicyclic) bond motifs is 1. The van der Waals surface area contributed by atoms with Gasteiger partial charge < -0.3 is 14.4 Å². The fourth-order valence-electron chi connectivity index (χ4n) is 4.62. The first kappa shape index (κ1) is 21.8. The minimum absolute atomic E-state index is 0.0418. The molecule has 3 heterocycles. The summed E-state index contributed by atoms with van der Waals surface area (Å²) in [5.74, 6) is 2.10. The van der Waals surface area contributed by atoms with E-state index in [1.807, 2.05) is 24.8 Å². The lowest BCUT2D eigenvalue weighted by Gasteiger charge is -2.19. The van der Waals surface area contributed by atoms with Crippen LogP contribution in [0, 0.1) is 5.92 Å². The molecule has 1 fully saturated rings. The van der Waals surface area contributed by atoms with Crippen LogP contribution in [0.15, 0.2) is 47.5 Å². The molecule has 0 radical (unpaired) electrons. The fraction of sp³-hybridized carbons (Fsp3) is 0.478. The average Bonchev–Trinajstić information content (AvgIpc) is 3.35. The van der Waals surface area contributed by atoms with Crippen molar-refractivity contribution in [2.45, 2.75) is 43.6 Å². The van der Waals surface area contributed by atoms with Crippen LogP contribution < -0.4 is 9.64 Å². The van der Waals surface area contributed by atoms with E-state index in [1.165, 1.54) is 0 Å². The fourth-order valence-corrected chi connectivity index (χ4v) is 6.15. The van der Waals surface area contributed by atoms with Crippen molar-refractivity contribution in [2.75, 3.05) is 31.1 Å². The number of carbonyl (C=O) groups excluding carboxylic acids is 1. The van der Waals surface area contributed by atoms with E-state index in [4.69, 9.17) is 4.74 Å². The van der Waals surface area contributed by atoms with Gasteiger partial charge in [0.15, 0.2) is 0 Å². The van der Waals surface area contributed by atoms with Gasteiger partial charge in [-0.3, -0.25) is 0 Å². The Morgan fingerprint density at radius 2 is 1.97 bits per heavy atom. The van der Waals surface area contributed by atoms with Gasteiger partial charge in [0.1, 0.15) is 17.9 Å². The van der Waals surface area contributed by atoms with E-state index in [-0.39, 0.29) is 17.9 Å². The summed E-state index contributed by atoms with van der Waals surface area (Å²) in [7, 11) is -3.52. The van der Waals surface area contributed by atoms with Crippen LogP contribution in [0.4, 0.5) is 5.82 Å². The standard InChI is InChI=1S/C23H29N3O4S/c1-17(2)30-20-5-7-21(8-6-20)31(28,29)26-11-9-18(15-26)14-19-16-25(12-13-27)23-22(19)4-3-10-24-23/h3-8,10,13,17-19H,9,11-12,14-16H2,1-2H3. The van der Waals surface area contributed by atoms with Crippen LogP contribution in [-0.4, -0.2) is 56.3 Å². The number of nitrogens with zero attached hydrogens (tertiary/aromatic N) is 3. The number of benzene rings is 1. The SMILES string of the molecule is CC(C)Oc1ccc(S(=O)(=O)N2CCC(CC3CN(CC=O)c4ncccc43)C2)cc1. The van der Waals surface area contributed by atoms with Crippen LogP contribution in [-0.2, 0) is 14.8 Å². The number of rotatable bonds is 8. The molecule has 2 aliphatic rings. The van der Waals surface area contributed by atoms with E-state index >= 15 is 0 Å². The lowest BCUT2D eigenvalue weighted by molar-refractivity contribution is -0.106. The summed E-state index contributed by atoms with van der Waals surface area (Å²) < 4.78 is 33.4. The largest absolute Gasteiger partial charge is 0.491 e. The van der Waals surface area contributed by atoms with Gasteiger partial charge in [-0.15, -0.1) is 0 Å². The maximum atomic E-state index is 13.1. The topological polar surface area (TPSA) is 79.8 Å². The van der Waals surface area contributed by atoms with E-state index < -0.39 is 10.0 Å². The number of aldehydes is 1. The van der Waals surface area contributed by atoms with Crippen LogP contribution >= 0.6 is 0 Å². The number of hydrogen-bond donors (Lipinski definition) is 0. The first-order valence-corrected chi connectivity index (χ1v) is 12.2. The highest BCUT2D eigenvalue weighted by Gasteiger charge is 2.36. The molecule has 0 amide bonds. The molecule has 0 aliphatic carbocycles. The quantitative estimate of drug-likeness (QED) is 0.584. The van der Waals surface area contributed by atoms with Gasteiger partial charge in [0, 0.05) is 31.7 Å². The molecule has 4 rings (SSSR count). The Morgan fingerprint density at radius 1 is 1.19 bits per heavy atom. The third-order valence-corrected chi connectivity index (χ3v) is 7.87. The second-order valence-corrected chi connectivity index (χ2v) is 10.5. The summed E-state index contributed by atoms with van der Waals surface area (Å²) in [6, 6.07) is 10.7. The number of sulfonamides is 1. The van der Waals surface area contributed by atoms with E-state index in [2.05, 4.69) is 11.1 Å². The van der Waals surface area contributed by atoms with Crippen molar-refractivity contribution >= 4 is 22.1 Å². The molecule has 0 saturated carbocycles. The van der Waals surface area contributed by atoms with Crippen LogP contribution in [0.1, 0.15) is 38.2 Å². The van der Waals surface area contributed by atoms with Crippen molar-refractivity contribution in [1.29, 1.82) is 0 Å². The monoisotopic (exact) mass is 443 g/mol. The molecule has 7 nitrogen and oxygen atoms in total. The zero-order valence-electron chi connectivity index (χ0n) is 18.0. The lowest BCUT2D eigenvalue weighted by Crippen LogP contribution is -2.29. The van der Waals surface area contributed by atoms with Crippen molar-refractivity contribution in [3.05, 3.63) is 48.2 Å². The van der Waals surface area contributed by atoms with Crippen molar-refractivity contribution in [3.8, 4) is 5.75 Å². The Morgan fingerprint density at radius 3 is 2.68 bits per heavy atom. The molecule has 166 valence electrons. The maximum absolute atomic E-state index is 13.1. The first-order chi connectivity index (χ1) is 14.9. The molecule has 0 spiro atoms. The number of aromatic nitrogens is 1. The van der Waals surface area contributed by atoms with Crippen molar-refractivity contribution in [3.63, 3.8) is 0 Å². The van der Waals surface area contributed by atoms with Crippen LogP contribution in [0.2, 0.25) is 0 Å². The van der Waals surface area contributed by atoms with Gasteiger partial charge in [0.05, 0.1) is 17.5 Å². The maximum Gasteiger partial charge on any atom is 0.243 e. The van der Waals surface area contributed by atoms with E-state index in [0.717, 1.165) is 37.1 Å². The van der Waals surface area contributed by atoms with Gasteiger partial charge in [-0.2, -0.15) is 4.31 Å². The summed E-state index contributed by atoms with van der Waals surface area (Å²) in [6.07, 6.45) is 4.43. The van der Waals surface area contributed by atoms with Crippen LogP contribution in [0.25, 0.3) is 0 Å². The number of ether oxygens (including phenoxy) is 1. The van der Waals surface area contributed by atoms with E-state index in [0.29, 0.717) is 30.3 Å². The van der Waals surface area contributed by atoms with Crippen LogP contribution in [0.3, 0.4) is 0 Å². The van der Waals surface area contributed by atoms with Gasteiger partial charge >= 0.3 is 0 Å². The third-order valence-electron chi connectivity index (χ3n) is 5.99. The normalized spacial score (nSPS) is 21.5. The Hall–Kier alpha value is -2.45. The number of pyridine rings is 1. The highest BCUT2D eigenvalue weighted by Crippen LogP contribution is 2.40. The summed E-state index contributed by atoms with van der Waals surface area (Å²) in [5.41, 5.74) is 1.16. The predicted octanol–water partition coefficient (Wildman–Crippen LogP) is 3.07. The summed E-state index contributed by atoms with van der Waals surface area (Å²) in [5, 5.41) is 0. The van der Waals surface area contributed by atoms with Crippen molar-refractivity contribution < 1.29 is 17.9 Å². The number of anilines is 1. The Labute approximate surface area is 184 Å². The van der Waals surface area contributed by atoms with Crippen molar-refractivity contribution in [2.24, 2.45) is 5.92 Å². The molecule has 2 atom stereocenters. The average molecular weight is 444 g/mol. The second kappa shape index (κ2) is 8.96. The smallest absolute Gasteiger partial charge is 0.243 e. The number of hydrogen-bond acceptors (Lipinski definition) is 6. The van der Waals surface area contributed by atoms with Gasteiger partial charge in [0.25, 0.3) is 0 Å². The molecule has 1 saturated heterocycles. The molecule has 31 heavy (non-hydrogen) atoms. The molecule has 1 aromatic carbocycles. The molecule has 2 aromatic rings. The Kier molecular flexibility index (Phi) is 6.29. The molecular weight excluding hydrogens is 414 g/mol. The zero-order valence-corrected chi connectivity index (χ0v) is 18.8. The molecule has 2 unspecified atom stereocenters. The number of carbonyl (C=O) groups is 1. The van der Waals surface area contributed by atoms with Crippen molar-refractivity contribution in [1.82, 2.24) is 9.29 Å². The Bertz CT molecular complexity index is 1020. The van der Waals surface area contributed by atoms with Gasteiger partial charge in [0.2, 0.25) is 10.0 Å². The highest BCUT2D eigenvalue weighted by molar-refractivity contribution is 7.89. The van der Waals surface area contributed by atoms with E-state index in [9.17, 15) is 13.2 Å². The molecule has 0 N–H and O–H groups in total. The first-order valence-electron chi connectivity index (χ1n) is 10.8. The predicted molar refractivity (Wildman–Crippen MR) is 119 cm³/mol. The third kappa shape index (κ3) is 4.60. The van der Waals surface area contributed by atoms with Gasteiger partial charge in [-0.1, -0.05) is 6.07 Å². The summed E-state index contributed by atoms with van der Waals surface area (Å²) in [6.45, 7) is 6.01. The lowest BCUT2D eigenvalue weighted by atomic mass is 9.90. The summed E-state index contributed by atoms with van der Waals surface area (Å²) in [4.78, 5) is 17.8. The molecule has 0 bridgehead atoms. The Balaban J connectivity index is 1.42. The minimum atomic E-state index is -3.52.